The first-order chi connectivity index (χ1) is 12.3. The van der Waals surface area contributed by atoms with Gasteiger partial charge in [0, 0.05) is 15.1 Å². The summed E-state index contributed by atoms with van der Waals surface area (Å²) in [6.07, 6.45) is 0.500. The summed E-state index contributed by atoms with van der Waals surface area (Å²) >= 11 is 9.65. The maximum atomic E-state index is 12.9. The second-order valence-corrected chi connectivity index (χ2v) is 7.90. The molecule has 26 heavy (non-hydrogen) atoms. The minimum absolute atomic E-state index is 0.118. The van der Waals surface area contributed by atoms with Crippen molar-refractivity contribution in [2.75, 3.05) is 0 Å². The number of aromatic nitrogens is 2. The number of nitrogens with zero attached hydrogens (tertiary/aromatic N) is 2. The Balaban J connectivity index is 1.97. The van der Waals surface area contributed by atoms with Gasteiger partial charge in [-0.25, -0.2) is 4.98 Å². The lowest BCUT2D eigenvalue weighted by atomic mass is 9.94. The number of ether oxygens (including phenoxy) is 1. The summed E-state index contributed by atoms with van der Waals surface area (Å²) in [6, 6.07) is 10.1. The fourth-order valence-electron chi connectivity index (χ4n) is 3.64. The molecular formula is C18H15BrClF2N3O. The maximum absolute atomic E-state index is 12.9. The third-order valence-electron chi connectivity index (χ3n) is 4.65. The van der Waals surface area contributed by atoms with Gasteiger partial charge < -0.3 is 15.0 Å². The highest BCUT2D eigenvalue weighted by Gasteiger charge is 2.43. The SMILES string of the molecule is CC1(N)C[C@H](c2c(Br)cccc2OC(F)F)n2c1nc1ccc(Cl)cc12. The molecule has 0 radical (unpaired) electrons. The van der Waals surface area contributed by atoms with E-state index in [1.54, 1.807) is 18.2 Å². The van der Waals surface area contributed by atoms with E-state index in [1.165, 1.54) is 6.07 Å². The monoisotopic (exact) mass is 441 g/mol. The van der Waals surface area contributed by atoms with Crippen LogP contribution in [0.3, 0.4) is 0 Å². The number of fused-ring (bicyclic) bond motifs is 3. The Morgan fingerprint density at radius 3 is 2.88 bits per heavy atom. The van der Waals surface area contributed by atoms with Gasteiger partial charge >= 0.3 is 6.61 Å². The number of nitrogens with two attached hydrogens (primary N) is 1. The number of halogens is 4. The van der Waals surface area contributed by atoms with Crippen LogP contribution in [0.25, 0.3) is 11.0 Å². The largest absolute Gasteiger partial charge is 0.434 e. The third-order valence-corrected chi connectivity index (χ3v) is 5.58. The average Bonchev–Trinajstić information content (AvgIpc) is 3.03. The van der Waals surface area contributed by atoms with Crippen LogP contribution in [0, 0.1) is 0 Å². The molecule has 4 nitrogen and oxygen atoms in total. The minimum atomic E-state index is -2.91. The molecule has 2 aromatic carbocycles. The number of hydrogen-bond acceptors (Lipinski definition) is 3. The van der Waals surface area contributed by atoms with Crippen molar-refractivity contribution >= 4 is 38.6 Å². The fraction of sp³-hybridized carbons (Fsp3) is 0.278. The van der Waals surface area contributed by atoms with Gasteiger partial charge in [-0.05, 0) is 43.7 Å². The first-order valence-corrected chi connectivity index (χ1v) is 9.15. The van der Waals surface area contributed by atoms with Crippen LogP contribution in [0.15, 0.2) is 40.9 Å². The van der Waals surface area contributed by atoms with Gasteiger partial charge in [0.2, 0.25) is 0 Å². The molecule has 0 saturated carbocycles. The number of alkyl halides is 2. The highest BCUT2D eigenvalue weighted by molar-refractivity contribution is 9.10. The predicted molar refractivity (Wildman–Crippen MR) is 99.8 cm³/mol. The smallest absolute Gasteiger partial charge is 0.387 e. The molecule has 1 aliphatic heterocycles. The lowest BCUT2D eigenvalue weighted by Gasteiger charge is -2.21. The molecule has 136 valence electrons. The normalized spacial score (nSPS) is 22.2. The van der Waals surface area contributed by atoms with E-state index in [0.29, 0.717) is 27.3 Å². The highest BCUT2D eigenvalue weighted by atomic mass is 79.9. The molecule has 4 rings (SSSR count). The van der Waals surface area contributed by atoms with E-state index in [9.17, 15) is 8.78 Å². The second kappa shape index (κ2) is 6.18. The number of rotatable bonds is 3. The zero-order valence-corrected chi connectivity index (χ0v) is 16.1. The summed E-state index contributed by atoms with van der Waals surface area (Å²) in [5, 5.41) is 0.570. The Bertz CT molecular complexity index is 1010. The van der Waals surface area contributed by atoms with Crippen molar-refractivity contribution in [3.05, 3.63) is 57.3 Å². The molecule has 0 amide bonds. The molecular weight excluding hydrogens is 428 g/mol. The lowest BCUT2D eigenvalue weighted by molar-refractivity contribution is -0.0507. The molecule has 8 heteroatoms. The fourth-order valence-corrected chi connectivity index (χ4v) is 4.42. The summed E-state index contributed by atoms with van der Waals surface area (Å²) in [6.45, 7) is -1.03. The molecule has 2 N–H and O–H groups in total. The quantitative estimate of drug-likeness (QED) is 0.605. The second-order valence-electron chi connectivity index (χ2n) is 6.61. The van der Waals surface area contributed by atoms with Crippen LogP contribution in [0.1, 0.15) is 30.8 Å². The highest BCUT2D eigenvalue weighted by Crippen LogP contribution is 2.48. The van der Waals surface area contributed by atoms with E-state index in [2.05, 4.69) is 20.9 Å². The topological polar surface area (TPSA) is 53.1 Å². The molecule has 2 atom stereocenters. The summed E-state index contributed by atoms with van der Waals surface area (Å²) in [5.74, 6) is 0.811. The van der Waals surface area contributed by atoms with Gasteiger partial charge in [0.15, 0.2) is 0 Å². The predicted octanol–water partition coefficient (Wildman–Crippen LogP) is 5.22. The van der Waals surface area contributed by atoms with Crippen molar-refractivity contribution in [1.29, 1.82) is 0 Å². The van der Waals surface area contributed by atoms with Gasteiger partial charge in [-0.15, -0.1) is 0 Å². The number of benzene rings is 2. The molecule has 1 aliphatic rings. The van der Waals surface area contributed by atoms with Gasteiger partial charge in [-0.3, -0.25) is 0 Å². The van der Waals surface area contributed by atoms with Crippen LogP contribution in [-0.4, -0.2) is 16.2 Å². The summed E-state index contributed by atoms with van der Waals surface area (Å²) in [5.41, 5.74) is 7.97. The van der Waals surface area contributed by atoms with Crippen LogP contribution in [0.4, 0.5) is 8.78 Å². The first-order valence-electron chi connectivity index (χ1n) is 7.98. The number of imidazole rings is 1. The van der Waals surface area contributed by atoms with Crippen LogP contribution < -0.4 is 10.5 Å². The molecule has 0 spiro atoms. The summed E-state index contributed by atoms with van der Waals surface area (Å²) in [4.78, 5) is 4.66. The number of hydrogen-bond donors (Lipinski definition) is 1. The molecule has 0 saturated heterocycles. The third kappa shape index (κ3) is 2.78. The van der Waals surface area contributed by atoms with Gasteiger partial charge in [-0.1, -0.05) is 33.6 Å². The Hall–Kier alpha value is -1.70. The summed E-state index contributed by atoms with van der Waals surface area (Å²) < 4.78 is 33.2. The van der Waals surface area contributed by atoms with E-state index in [4.69, 9.17) is 22.1 Å². The van der Waals surface area contributed by atoms with Gasteiger partial charge in [0.25, 0.3) is 0 Å². The van der Waals surface area contributed by atoms with Crippen molar-refractivity contribution in [2.24, 2.45) is 5.73 Å². The van der Waals surface area contributed by atoms with Crippen LogP contribution in [0.2, 0.25) is 5.02 Å². The van der Waals surface area contributed by atoms with Crippen molar-refractivity contribution in [3.63, 3.8) is 0 Å². The molecule has 1 unspecified atom stereocenters. The van der Waals surface area contributed by atoms with E-state index in [0.717, 1.165) is 11.0 Å². The van der Waals surface area contributed by atoms with E-state index in [-0.39, 0.29) is 11.8 Å². The molecule has 0 fully saturated rings. The zero-order valence-electron chi connectivity index (χ0n) is 13.7. The van der Waals surface area contributed by atoms with Crippen LogP contribution in [-0.2, 0) is 5.54 Å². The Kier molecular flexibility index (Phi) is 4.21. The molecule has 0 bridgehead atoms. The lowest BCUT2D eigenvalue weighted by Crippen LogP contribution is -2.31. The van der Waals surface area contributed by atoms with Gasteiger partial charge in [-0.2, -0.15) is 8.78 Å². The molecule has 1 aromatic heterocycles. The maximum Gasteiger partial charge on any atom is 0.387 e. The summed E-state index contributed by atoms with van der Waals surface area (Å²) in [7, 11) is 0. The van der Waals surface area contributed by atoms with Crippen molar-refractivity contribution in [1.82, 2.24) is 9.55 Å². The van der Waals surface area contributed by atoms with E-state index >= 15 is 0 Å². The van der Waals surface area contributed by atoms with E-state index in [1.807, 2.05) is 23.6 Å². The average molecular weight is 443 g/mol. The Morgan fingerprint density at radius 2 is 2.15 bits per heavy atom. The van der Waals surface area contributed by atoms with Gasteiger partial charge in [0.05, 0.1) is 22.6 Å². The molecule has 2 heterocycles. The zero-order chi connectivity index (χ0) is 18.6. The molecule has 0 aliphatic carbocycles. The minimum Gasteiger partial charge on any atom is -0.434 e. The van der Waals surface area contributed by atoms with Crippen molar-refractivity contribution in [2.45, 2.75) is 31.5 Å². The van der Waals surface area contributed by atoms with Crippen LogP contribution in [0.5, 0.6) is 5.75 Å². The van der Waals surface area contributed by atoms with Crippen molar-refractivity contribution in [3.8, 4) is 5.75 Å². The Labute approximate surface area is 162 Å². The first kappa shape index (κ1) is 17.7. The standard InChI is InChI=1S/C18H15BrClF2N3O/c1-18(23)8-13(15-10(19)3-2-4-14(15)26-17(21)22)25-12-7-9(20)5-6-11(12)24-16(18)25/h2-7,13,17H,8,23H2,1H3/t13-,18?/m1/s1. The van der Waals surface area contributed by atoms with Crippen LogP contribution >= 0.6 is 27.5 Å². The van der Waals surface area contributed by atoms with Gasteiger partial charge in [0.1, 0.15) is 11.6 Å². The van der Waals surface area contributed by atoms with E-state index < -0.39 is 12.2 Å². The van der Waals surface area contributed by atoms with Crippen molar-refractivity contribution < 1.29 is 13.5 Å². The Morgan fingerprint density at radius 1 is 1.38 bits per heavy atom. The molecule has 3 aromatic rings.